The summed E-state index contributed by atoms with van der Waals surface area (Å²) in [5.41, 5.74) is 5.05. The Morgan fingerprint density at radius 1 is 1.00 bits per heavy atom. The maximum Gasteiger partial charge on any atom is 0.340 e. The molecule has 2 aromatic heterocycles. The highest BCUT2D eigenvalue weighted by atomic mass is 16.5. The molecule has 5 rings (SSSR count). The molecule has 0 radical (unpaired) electrons. The molecule has 1 aliphatic heterocycles. The molecule has 1 N–H and O–H groups in total. The van der Waals surface area contributed by atoms with Crippen molar-refractivity contribution in [1.29, 1.82) is 0 Å². The number of aromatic nitrogens is 2. The molecule has 7 heteroatoms. The van der Waals surface area contributed by atoms with Crippen LogP contribution in [-0.2, 0) is 29.0 Å². The molecule has 0 bridgehead atoms. The molecular formula is C30H30N4O3. The van der Waals surface area contributed by atoms with E-state index in [4.69, 9.17) is 9.72 Å². The van der Waals surface area contributed by atoms with E-state index in [-0.39, 0.29) is 0 Å². The molecular weight excluding hydrogens is 464 g/mol. The summed E-state index contributed by atoms with van der Waals surface area (Å²) < 4.78 is 5.85. The number of para-hydroxylation sites is 1. The molecule has 0 aliphatic carbocycles. The zero-order chi connectivity index (χ0) is 25.8. The van der Waals surface area contributed by atoms with Crippen LogP contribution in [0.15, 0.2) is 72.8 Å². The minimum absolute atomic E-state index is 0.342. The minimum Gasteiger partial charge on any atom is -0.449 e. The average Bonchev–Trinajstić information content (AvgIpc) is 2.90. The quantitative estimate of drug-likeness (QED) is 0.361. The van der Waals surface area contributed by atoms with E-state index >= 15 is 0 Å². The number of esters is 1. The molecule has 1 atom stereocenters. The van der Waals surface area contributed by atoms with Crippen molar-refractivity contribution < 1.29 is 14.3 Å². The first kappa shape index (κ1) is 24.6. The predicted octanol–water partition coefficient (Wildman–Crippen LogP) is 5.07. The van der Waals surface area contributed by atoms with E-state index in [0.29, 0.717) is 24.3 Å². The van der Waals surface area contributed by atoms with Gasteiger partial charge in [0.1, 0.15) is 5.82 Å². The number of hydrogen-bond donors (Lipinski definition) is 1. The molecule has 188 valence electrons. The minimum atomic E-state index is -0.943. The van der Waals surface area contributed by atoms with Gasteiger partial charge in [0.05, 0.1) is 11.1 Å². The van der Waals surface area contributed by atoms with Gasteiger partial charge < -0.3 is 10.1 Å². The van der Waals surface area contributed by atoms with Crippen molar-refractivity contribution in [3.8, 4) is 0 Å². The van der Waals surface area contributed by atoms with Gasteiger partial charge in [-0.25, -0.2) is 9.78 Å². The number of carbonyl (C=O) groups excluding carboxylic acids is 2. The van der Waals surface area contributed by atoms with Crippen LogP contribution in [0.1, 0.15) is 46.2 Å². The molecule has 1 amide bonds. The van der Waals surface area contributed by atoms with Gasteiger partial charge >= 0.3 is 5.97 Å². The first-order chi connectivity index (χ1) is 18.0. The van der Waals surface area contributed by atoms with Gasteiger partial charge in [-0.1, -0.05) is 61.5 Å². The van der Waals surface area contributed by atoms with Crippen molar-refractivity contribution in [2.24, 2.45) is 0 Å². The summed E-state index contributed by atoms with van der Waals surface area (Å²) in [5.74, 6) is -0.467. The van der Waals surface area contributed by atoms with Crippen LogP contribution in [0.5, 0.6) is 0 Å². The third kappa shape index (κ3) is 5.52. The molecule has 3 heterocycles. The van der Waals surface area contributed by atoms with Crippen LogP contribution in [0, 0.1) is 6.92 Å². The second-order valence-corrected chi connectivity index (χ2v) is 9.33. The average molecular weight is 495 g/mol. The number of pyridine rings is 2. The van der Waals surface area contributed by atoms with Crippen LogP contribution in [0.3, 0.4) is 0 Å². The molecule has 37 heavy (non-hydrogen) atoms. The fraction of sp³-hybridized carbons (Fsp3) is 0.267. The lowest BCUT2D eigenvalue weighted by atomic mass is 9.95. The van der Waals surface area contributed by atoms with Crippen LogP contribution < -0.4 is 5.32 Å². The van der Waals surface area contributed by atoms with E-state index in [1.807, 2.05) is 68.4 Å². The van der Waals surface area contributed by atoms with Gasteiger partial charge in [-0.2, -0.15) is 0 Å². The summed E-state index contributed by atoms with van der Waals surface area (Å²) in [7, 11) is 0. The number of carbonyl (C=O) groups is 2. The maximum atomic E-state index is 13.7. The Bertz CT molecular complexity index is 1440. The monoisotopic (exact) mass is 494 g/mol. The van der Waals surface area contributed by atoms with Crippen LogP contribution in [0.2, 0.25) is 0 Å². The number of ether oxygens (including phenoxy) is 1. The lowest BCUT2D eigenvalue weighted by Gasteiger charge is -2.30. The molecule has 0 saturated carbocycles. The lowest BCUT2D eigenvalue weighted by Crippen LogP contribution is -2.35. The van der Waals surface area contributed by atoms with Crippen molar-refractivity contribution >= 4 is 28.6 Å². The van der Waals surface area contributed by atoms with Gasteiger partial charge in [0.25, 0.3) is 5.91 Å². The number of benzene rings is 2. The number of rotatable bonds is 7. The predicted molar refractivity (Wildman–Crippen MR) is 143 cm³/mol. The number of amides is 1. The number of anilines is 1. The zero-order valence-corrected chi connectivity index (χ0v) is 21.1. The van der Waals surface area contributed by atoms with Crippen molar-refractivity contribution in [1.82, 2.24) is 14.9 Å². The van der Waals surface area contributed by atoms with Gasteiger partial charge in [0.2, 0.25) is 0 Å². The highest BCUT2D eigenvalue weighted by molar-refractivity contribution is 6.06. The Kier molecular flexibility index (Phi) is 7.23. The van der Waals surface area contributed by atoms with Crippen LogP contribution in [0.25, 0.3) is 10.9 Å². The second-order valence-electron chi connectivity index (χ2n) is 9.33. The third-order valence-electron chi connectivity index (χ3n) is 6.63. The molecule has 7 nitrogen and oxygen atoms in total. The van der Waals surface area contributed by atoms with Crippen LogP contribution in [-0.4, -0.2) is 39.4 Å². The van der Waals surface area contributed by atoms with Gasteiger partial charge in [0.15, 0.2) is 6.10 Å². The Morgan fingerprint density at radius 3 is 2.57 bits per heavy atom. The normalized spacial score (nSPS) is 14.1. The summed E-state index contributed by atoms with van der Waals surface area (Å²) >= 11 is 0. The largest absolute Gasteiger partial charge is 0.449 e. The Balaban J connectivity index is 1.43. The lowest BCUT2D eigenvalue weighted by molar-refractivity contribution is -0.124. The number of hydrogen-bond acceptors (Lipinski definition) is 6. The molecule has 4 aromatic rings. The number of aryl methyl sites for hydroxylation is 1. The highest BCUT2D eigenvalue weighted by Gasteiger charge is 2.29. The van der Waals surface area contributed by atoms with Gasteiger partial charge in [-0.3, -0.25) is 14.7 Å². The summed E-state index contributed by atoms with van der Waals surface area (Å²) in [5, 5.41) is 3.52. The van der Waals surface area contributed by atoms with E-state index in [0.717, 1.165) is 47.4 Å². The van der Waals surface area contributed by atoms with Crippen molar-refractivity contribution in [2.75, 3.05) is 11.9 Å². The third-order valence-corrected chi connectivity index (χ3v) is 6.63. The van der Waals surface area contributed by atoms with E-state index in [9.17, 15) is 9.59 Å². The smallest absolute Gasteiger partial charge is 0.340 e. The van der Waals surface area contributed by atoms with E-state index in [1.54, 1.807) is 6.07 Å². The molecule has 2 aromatic carbocycles. The van der Waals surface area contributed by atoms with E-state index in [2.05, 4.69) is 27.3 Å². The number of fused-ring (bicyclic) bond motifs is 2. The topological polar surface area (TPSA) is 84.4 Å². The first-order valence-electron chi connectivity index (χ1n) is 12.6. The summed E-state index contributed by atoms with van der Waals surface area (Å²) in [4.78, 5) is 38.2. The molecule has 1 unspecified atom stereocenters. The molecule has 0 saturated heterocycles. The van der Waals surface area contributed by atoms with Crippen molar-refractivity contribution in [3.05, 3.63) is 101 Å². The Morgan fingerprint density at radius 2 is 1.78 bits per heavy atom. The zero-order valence-electron chi connectivity index (χ0n) is 21.1. The number of nitrogens with zero attached hydrogens (tertiary/aromatic N) is 3. The van der Waals surface area contributed by atoms with Gasteiger partial charge in [-0.15, -0.1) is 0 Å². The van der Waals surface area contributed by atoms with Crippen LogP contribution >= 0.6 is 0 Å². The first-order valence-corrected chi connectivity index (χ1v) is 12.6. The molecule has 1 aliphatic rings. The van der Waals surface area contributed by atoms with Gasteiger partial charge in [-0.05, 0) is 37.1 Å². The number of nitrogens with one attached hydrogen (secondary N) is 1. The highest BCUT2D eigenvalue weighted by Crippen LogP contribution is 2.30. The second kappa shape index (κ2) is 10.9. The van der Waals surface area contributed by atoms with Crippen molar-refractivity contribution in [2.45, 2.75) is 45.9 Å². The fourth-order valence-electron chi connectivity index (χ4n) is 4.79. The standard InChI is InChI=1S/C30H30N4O3/c1-3-26(29(35)33-27-15-9-10-20(2)31-27)37-30(36)28-22-13-7-8-14-24(22)32-25-16-17-34(19-23(25)28)18-21-11-5-4-6-12-21/h4-15,26H,3,16-19H2,1-2H3,(H,31,33,35). The molecule has 0 fully saturated rings. The Hall–Kier alpha value is -4.10. The maximum absolute atomic E-state index is 13.7. The Labute approximate surface area is 216 Å². The SMILES string of the molecule is CCC(OC(=O)c1c2c(nc3ccccc13)CCN(Cc1ccccc1)C2)C(=O)Nc1cccc(C)n1. The molecule has 0 spiro atoms. The van der Waals surface area contributed by atoms with Crippen LogP contribution in [0.4, 0.5) is 5.82 Å². The summed E-state index contributed by atoms with van der Waals surface area (Å²) in [6.45, 7) is 5.90. The fourth-order valence-corrected chi connectivity index (χ4v) is 4.79. The summed E-state index contributed by atoms with van der Waals surface area (Å²) in [6, 6.07) is 23.3. The van der Waals surface area contributed by atoms with Gasteiger partial charge in [0, 0.05) is 48.4 Å². The van der Waals surface area contributed by atoms with E-state index < -0.39 is 18.0 Å². The summed E-state index contributed by atoms with van der Waals surface area (Å²) in [6.07, 6.45) is 0.139. The van der Waals surface area contributed by atoms with E-state index in [1.165, 1.54) is 5.56 Å². The van der Waals surface area contributed by atoms with Crippen molar-refractivity contribution in [3.63, 3.8) is 0 Å².